The molecule has 1 aliphatic heterocycles. The minimum absolute atomic E-state index is 0.145. The lowest BCUT2D eigenvalue weighted by atomic mass is 10.1. The Labute approximate surface area is 181 Å². The number of carbonyl (C=O) groups is 2. The Morgan fingerprint density at radius 1 is 1.17 bits per heavy atom. The van der Waals surface area contributed by atoms with Gasteiger partial charge in [-0.2, -0.15) is 0 Å². The number of thiophene rings is 1. The molecule has 162 valence electrons. The predicted octanol–water partition coefficient (Wildman–Crippen LogP) is 1.78. The van der Waals surface area contributed by atoms with Crippen LogP contribution in [-0.2, 0) is 24.1 Å². The molecule has 0 atom stereocenters. The van der Waals surface area contributed by atoms with E-state index in [2.05, 4.69) is 33.5 Å². The molecule has 1 aliphatic rings. The summed E-state index contributed by atoms with van der Waals surface area (Å²) >= 11 is 1.74. The zero-order chi connectivity index (χ0) is 21.5. The summed E-state index contributed by atoms with van der Waals surface area (Å²) in [6.45, 7) is 5.31. The van der Waals surface area contributed by atoms with Gasteiger partial charge in [0.1, 0.15) is 0 Å². The number of piperazine rings is 1. The van der Waals surface area contributed by atoms with Gasteiger partial charge in [-0.15, -0.1) is 11.3 Å². The summed E-state index contributed by atoms with van der Waals surface area (Å²) in [4.78, 5) is 32.5. The number of pyridine rings is 1. The largest absolute Gasteiger partial charge is 0.367 e. The zero-order valence-electron chi connectivity index (χ0n) is 17.4. The van der Waals surface area contributed by atoms with Crippen LogP contribution >= 0.6 is 11.3 Å². The molecular formula is C21H30N6O2S. The quantitative estimate of drug-likeness (QED) is 0.377. The maximum Gasteiger partial charge on any atom is 0.328 e. The lowest BCUT2D eigenvalue weighted by Crippen LogP contribution is -2.48. The van der Waals surface area contributed by atoms with Crippen molar-refractivity contribution in [2.24, 2.45) is 11.6 Å². The molecule has 0 bridgehead atoms. The van der Waals surface area contributed by atoms with Gasteiger partial charge >= 0.3 is 6.03 Å². The lowest BCUT2D eigenvalue weighted by molar-refractivity contribution is -0.129. The fourth-order valence-electron chi connectivity index (χ4n) is 3.53. The van der Waals surface area contributed by atoms with E-state index in [-0.39, 0.29) is 5.91 Å². The summed E-state index contributed by atoms with van der Waals surface area (Å²) in [7, 11) is 0. The second-order valence-electron chi connectivity index (χ2n) is 7.56. The number of nitrogens with two attached hydrogens (primary N) is 2. The molecule has 0 unspecified atom stereocenters. The van der Waals surface area contributed by atoms with Crippen LogP contribution in [0, 0.1) is 0 Å². The molecule has 3 amide bonds. The van der Waals surface area contributed by atoms with Crippen molar-refractivity contribution >= 4 is 29.0 Å². The van der Waals surface area contributed by atoms with Crippen molar-refractivity contribution in [2.45, 2.75) is 32.6 Å². The number of anilines is 1. The van der Waals surface area contributed by atoms with Crippen LogP contribution in [0.4, 0.5) is 10.5 Å². The van der Waals surface area contributed by atoms with Gasteiger partial charge in [0.15, 0.2) is 0 Å². The van der Waals surface area contributed by atoms with Crippen molar-refractivity contribution in [3.63, 3.8) is 0 Å². The summed E-state index contributed by atoms with van der Waals surface area (Å²) in [6.07, 6.45) is 5.46. The number of aromatic nitrogens is 1. The third-order valence-corrected chi connectivity index (χ3v) is 6.43. The highest BCUT2D eigenvalue weighted by Gasteiger charge is 2.18. The number of hydrogen-bond acceptors (Lipinski definition) is 6. The van der Waals surface area contributed by atoms with Crippen molar-refractivity contribution in [2.75, 3.05) is 37.6 Å². The number of urea groups is 1. The maximum absolute atomic E-state index is 11.5. The Morgan fingerprint density at radius 3 is 2.57 bits per heavy atom. The molecule has 0 aromatic carbocycles. The van der Waals surface area contributed by atoms with Crippen LogP contribution < -0.4 is 16.5 Å². The van der Waals surface area contributed by atoms with Gasteiger partial charge in [-0.05, 0) is 54.8 Å². The Hall–Kier alpha value is -2.65. The van der Waals surface area contributed by atoms with E-state index < -0.39 is 6.03 Å². The fraction of sp³-hybridized carbons (Fsp3) is 0.476. The van der Waals surface area contributed by atoms with Crippen LogP contribution in [0.25, 0.3) is 0 Å². The van der Waals surface area contributed by atoms with E-state index >= 15 is 0 Å². The molecule has 1 fully saturated rings. The predicted molar refractivity (Wildman–Crippen MR) is 119 cm³/mol. The fourth-order valence-corrected chi connectivity index (χ4v) is 4.50. The number of carbonyl (C=O) groups excluding carboxylic acids is 2. The van der Waals surface area contributed by atoms with Crippen LogP contribution in [0.1, 0.15) is 29.5 Å². The molecule has 3 heterocycles. The normalized spacial score (nSPS) is 14.1. The van der Waals surface area contributed by atoms with Crippen molar-refractivity contribution in [3.8, 4) is 0 Å². The van der Waals surface area contributed by atoms with Gasteiger partial charge in [0.05, 0.1) is 11.9 Å². The third-order valence-electron chi connectivity index (χ3n) is 5.38. The summed E-state index contributed by atoms with van der Waals surface area (Å²) in [5.74, 6) is 5.66. The number of rotatable bonds is 8. The van der Waals surface area contributed by atoms with Gasteiger partial charge in [-0.3, -0.25) is 14.8 Å². The number of amides is 3. The molecule has 0 saturated carbocycles. The SMILES string of the molecule is CC(=O)N1CCN(c2ccc(CCc3csc(CCCN(N)C(N)=O)c3)nc2)CC1. The van der Waals surface area contributed by atoms with Crippen LogP contribution in [-0.4, -0.2) is 59.6 Å². The standard InChI is InChI=1S/C21H30N6O2S/c1-16(28)25-9-11-26(12-10-25)19-7-6-18(24-14-19)5-4-17-13-20(30-15-17)3-2-8-27(23)21(22)29/h6-7,13-15H,2-5,8-12,23H2,1H3,(H2,22,29). The summed E-state index contributed by atoms with van der Waals surface area (Å²) in [5, 5.41) is 3.24. The minimum Gasteiger partial charge on any atom is -0.367 e. The van der Waals surface area contributed by atoms with Gasteiger partial charge in [-0.1, -0.05) is 0 Å². The second-order valence-corrected chi connectivity index (χ2v) is 8.55. The van der Waals surface area contributed by atoms with Crippen LogP contribution in [0.15, 0.2) is 29.8 Å². The molecule has 0 aliphatic carbocycles. The molecule has 4 N–H and O–H groups in total. The Morgan fingerprint density at radius 2 is 1.93 bits per heavy atom. The first-order valence-corrected chi connectivity index (χ1v) is 11.1. The van der Waals surface area contributed by atoms with E-state index in [9.17, 15) is 9.59 Å². The van der Waals surface area contributed by atoms with E-state index in [1.807, 2.05) is 11.1 Å². The van der Waals surface area contributed by atoms with E-state index in [1.165, 1.54) is 10.4 Å². The van der Waals surface area contributed by atoms with E-state index in [0.29, 0.717) is 6.54 Å². The van der Waals surface area contributed by atoms with Gasteiger partial charge in [0, 0.05) is 50.2 Å². The molecular weight excluding hydrogens is 400 g/mol. The van der Waals surface area contributed by atoms with Crippen molar-refractivity contribution in [3.05, 3.63) is 45.9 Å². The lowest BCUT2D eigenvalue weighted by Gasteiger charge is -2.35. The maximum atomic E-state index is 11.5. The number of aryl methyl sites for hydroxylation is 3. The zero-order valence-corrected chi connectivity index (χ0v) is 18.2. The second kappa shape index (κ2) is 10.4. The van der Waals surface area contributed by atoms with Gasteiger partial charge < -0.3 is 15.5 Å². The molecule has 8 nitrogen and oxygen atoms in total. The van der Waals surface area contributed by atoms with E-state index in [4.69, 9.17) is 11.6 Å². The van der Waals surface area contributed by atoms with E-state index in [1.54, 1.807) is 18.3 Å². The molecule has 9 heteroatoms. The monoisotopic (exact) mass is 430 g/mol. The Bertz CT molecular complexity index is 845. The summed E-state index contributed by atoms with van der Waals surface area (Å²) in [5.41, 5.74) is 8.62. The average Bonchev–Trinajstić information content (AvgIpc) is 3.20. The van der Waals surface area contributed by atoms with Crippen LogP contribution in [0.3, 0.4) is 0 Å². The molecule has 2 aromatic heterocycles. The van der Waals surface area contributed by atoms with Crippen molar-refractivity contribution in [1.82, 2.24) is 14.9 Å². The van der Waals surface area contributed by atoms with E-state index in [0.717, 1.165) is 68.3 Å². The first-order chi connectivity index (χ1) is 14.4. The number of hydrogen-bond donors (Lipinski definition) is 2. The highest BCUT2D eigenvalue weighted by Crippen LogP contribution is 2.20. The topological polar surface area (TPSA) is 109 Å². The highest BCUT2D eigenvalue weighted by atomic mass is 32.1. The Kier molecular flexibility index (Phi) is 7.64. The number of nitrogens with zero attached hydrogens (tertiary/aromatic N) is 4. The number of primary amides is 1. The summed E-state index contributed by atoms with van der Waals surface area (Å²) in [6, 6.07) is 5.85. The van der Waals surface area contributed by atoms with Crippen LogP contribution in [0.2, 0.25) is 0 Å². The van der Waals surface area contributed by atoms with Crippen molar-refractivity contribution in [1.29, 1.82) is 0 Å². The summed E-state index contributed by atoms with van der Waals surface area (Å²) < 4.78 is 0. The van der Waals surface area contributed by atoms with Gasteiger partial charge in [0.25, 0.3) is 0 Å². The third kappa shape index (κ3) is 6.17. The van der Waals surface area contributed by atoms with Gasteiger partial charge in [-0.25, -0.2) is 10.6 Å². The van der Waals surface area contributed by atoms with Crippen LogP contribution in [0.5, 0.6) is 0 Å². The minimum atomic E-state index is -0.598. The molecule has 0 spiro atoms. The molecule has 2 aromatic rings. The smallest absolute Gasteiger partial charge is 0.328 e. The average molecular weight is 431 g/mol. The number of hydrazine groups is 1. The Balaban J connectivity index is 1.43. The molecule has 0 radical (unpaired) electrons. The first kappa shape index (κ1) is 22.0. The van der Waals surface area contributed by atoms with Crippen molar-refractivity contribution < 1.29 is 9.59 Å². The first-order valence-electron chi connectivity index (χ1n) is 10.3. The van der Waals surface area contributed by atoms with Gasteiger partial charge in [0.2, 0.25) is 5.91 Å². The molecule has 30 heavy (non-hydrogen) atoms. The molecule has 1 saturated heterocycles. The highest BCUT2D eigenvalue weighted by molar-refractivity contribution is 7.10. The molecule has 3 rings (SSSR count).